The molecule has 0 aliphatic rings. The number of alkyl halides is 3. The molecular formula is C74H62F3N3. The maximum Gasteiger partial charge on any atom is 0.416 e. The number of fused-ring (bicyclic) bond motifs is 6. The standard InChI is InChI=1S/C74H62F3N3/c1-40-25-44(5)70(45(6)26-40)53-14-21-65-60(34-53)61-35-54(71-46(7)27-41(2)28-47(71)8)15-22-66(61)79(65)64-20-13-52(39-78)33-59(64)58-19-18-57(74(75,76)77)38-69(58)80-67-23-16-55(72-48(9)29-42(3)30-49(72)10)36-62(67)63-37-56(17-24-68(63)80)73-50(11)31-43(4)32-51(73)12/h13-38H,1-12H3. The van der Waals surface area contributed by atoms with Crippen molar-refractivity contribution in [2.24, 2.45) is 0 Å². The average Bonchev–Trinajstić information content (AvgIpc) is 3.06. The van der Waals surface area contributed by atoms with Crippen molar-refractivity contribution in [2.75, 3.05) is 0 Å². The van der Waals surface area contributed by atoms with Crippen LogP contribution in [0.3, 0.4) is 0 Å². The smallest absolute Gasteiger partial charge is 0.309 e. The van der Waals surface area contributed by atoms with Crippen LogP contribution in [0.5, 0.6) is 0 Å². The third-order valence-electron chi connectivity index (χ3n) is 16.6. The van der Waals surface area contributed by atoms with E-state index < -0.39 is 11.7 Å². The first kappa shape index (κ1) is 51.8. The molecule has 0 saturated heterocycles. The Morgan fingerprint density at radius 3 is 0.938 bits per heavy atom. The monoisotopic (exact) mass is 1050 g/mol. The summed E-state index contributed by atoms with van der Waals surface area (Å²) in [6.07, 6.45) is -4.66. The second-order valence-corrected chi connectivity index (χ2v) is 22.8. The van der Waals surface area contributed by atoms with Gasteiger partial charge < -0.3 is 9.13 Å². The summed E-state index contributed by atoms with van der Waals surface area (Å²) in [6.45, 7) is 25.7. The normalized spacial score (nSPS) is 11.9. The predicted octanol–water partition coefficient (Wildman–Crippen LogP) is 20.8. The van der Waals surface area contributed by atoms with Crippen molar-refractivity contribution in [3.05, 3.63) is 236 Å². The van der Waals surface area contributed by atoms with Crippen LogP contribution < -0.4 is 0 Å². The fourth-order valence-electron chi connectivity index (χ4n) is 13.9. The molecule has 0 spiro atoms. The van der Waals surface area contributed by atoms with Gasteiger partial charge in [-0.1, -0.05) is 101 Å². The molecule has 80 heavy (non-hydrogen) atoms. The molecule has 12 aromatic rings. The fourth-order valence-corrected chi connectivity index (χ4v) is 13.9. The fraction of sp³-hybridized carbons (Fsp3) is 0.176. The molecule has 10 aromatic carbocycles. The van der Waals surface area contributed by atoms with E-state index in [0.29, 0.717) is 22.4 Å². The van der Waals surface area contributed by atoms with Crippen LogP contribution in [0.1, 0.15) is 77.9 Å². The minimum atomic E-state index is -4.66. The lowest BCUT2D eigenvalue weighted by atomic mass is 9.91. The van der Waals surface area contributed by atoms with Crippen LogP contribution in [0.2, 0.25) is 0 Å². The van der Waals surface area contributed by atoms with Gasteiger partial charge in [0.1, 0.15) is 0 Å². The van der Waals surface area contributed by atoms with Crippen molar-refractivity contribution in [3.63, 3.8) is 0 Å². The largest absolute Gasteiger partial charge is 0.416 e. The Hall–Kier alpha value is -8.92. The second-order valence-electron chi connectivity index (χ2n) is 22.8. The number of benzene rings is 10. The van der Waals surface area contributed by atoms with Crippen LogP contribution in [-0.2, 0) is 6.18 Å². The Labute approximate surface area is 466 Å². The molecule has 0 radical (unpaired) electrons. The first-order valence-corrected chi connectivity index (χ1v) is 27.4. The SMILES string of the molecule is Cc1cc(C)c(-c2ccc3c(c2)c2cc(-c4c(C)cc(C)cc4C)ccc2n3-c2ccc(C#N)cc2-c2ccc(C(F)(F)F)cc2-n2c3ccc(-c4c(C)cc(C)cc4C)cc3c3cc(-c4c(C)cc(C)cc4C)ccc32)c(C)c1. The molecule has 0 aliphatic carbocycles. The highest BCUT2D eigenvalue weighted by Gasteiger charge is 2.33. The molecule has 12 rings (SSSR count). The summed E-state index contributed by atoms with van der Waals surface area (Å²) < 4.78 is 50.5. The van der Waals surface area contributed by atoms with Gasteiger partial charge in [-0.2, -0.15) is 18.4 Å². The number of halogens is 3. The van der Waals surface area contributed by atoms with Crippen molar-refractivity contribution in [1.82, 2.24) is 9.13 Å². The van der Waals surface area contributed by atoms with E-state index in [-0.39, 0.29) is 0 Å². The van der Waals surface area contributed by atoms with Crippen molar-refractivity contribution in [2.45, 2.75) is 89.3 Å². The summed E-state index contributed by atoms with van der Waals surface area (Å²) >= 11 is 0. The second kappa shape index (κ2) is 19.2. The number of rotatable bonds is 7. The molecular weight excluding hydrogens is 988 g/mol. The average molecular weight is 1050 g/mol. The van der Waals surface area contributed by atoms with Gasteiger partial charge in [0.25, 0.3) is 0 Å². The summed E-state index contributed by atoms with van der Waals surface area (Å²) in [6, 6.07) is 55.9. The Kier molecular flexibility index (Phi) is 12.4. The van der Waals surface area contributed by atoms with Crippen LogP contribution in [0.15, 0.2) is 158 Å². The van der Waals surface area contributed by atoms with Crippen molar-refractivity contribution < 1.29 is 13.2 Å². The number of hydrogen-bond acceptors (Lipinski definition) is 1. The minimum Gasteiger partial charge on any atom is -0.309 e. The Morgan fingerprint density at radius 1 is 0.325 bits per heavy atom. The maximum absolute atomic E-state index is 15.4. The van der Waals surface area contributed by atoms with E-state index in [1.54, 1.807) is 6.07 Å². The summed E-state index contributed by atoms with van der Waals surface area (Å²) in [5, 5.41) is 14.6. The zero-order chi connectivity index (χ0) is 56.4. The van der Waals surface area contributed by atoms with Gasteiger partial charge in [-0.3, -0.25) is 0 Å². The third kappa shape index (κ3) is 8.59. The molecule has 0 amide bonds. The Balaban J connectivity index is 1.17. The topological polar surface area (TPSA) is 33.6 Å². The summed E-state index contributed by atoms with van der Waals surface area (Å²) in [5.41, 5.74) is 28.3. The third-order valence-corrected chi connectivity index (χ3v) is 16.6. The van der Waals surface area contributed by atoms with Gasteiger partial charge in [0.15, 0.2) is 0 Å². The first-order valence-electron chi connectivity index (χ1n) is 27.4. The predicted molar refractivity (Wildman–Crippen MR) is 329 cm³/mol. The van der Waals surface area contributed by atoms with Gasteiger partial charge in [0.05, 0.1) is 50.6 Å². The van der Waals surface area contributed by atoms with Crippen molar-refractivity contribution >= 4 is 43.6 Å². The molecule has 0 bridgehead atoms. The van der Waals surface area contributed by atoms with E-state index in [4.69, 9.17) is 0 Å². The molecule has 0 N–H and O–H groups in total. The molecule has 0 fully saturated rings. The molecule has 394 valence electrons. The highest BCUT2D eigenvalue weighted by molar-refractivity contribution is 6.14. The lowest BCUT2D eigenvalue weighted by Crippen LogP contribution is -2.08. The van der Waals surface area contributed by atoms with Gasteiger partial charge in [-0.05, 0) is 251 Å². The first-order chi connectivity index (χ1) is 38.2. The lowest BCUT2D eigenvalue weighted by molar-refractivity contribution is -0.137. The molecule has 0 aliphatic heterocycles. The van der Waals surface area contributed by atoms with Crippen LogP contribution in [0.25, 0.3) is 111 Å². The number of nitriles is 1. The molecule has 0 saturated carbocycles. The molecule has 6 heteroatoms. The van der Waals surface area contributed by atoms with Gasteiger partial charge in [0, 0.05) is 32.7 Å². The molecule has 2 aromatic heterocycles. The van der Waals surface area contributed by atoms with Gasteiger partial charge in [-0.25, -0.2) is 0 Å². The number of hydrogen-bond donors (Lipinski definition) is 0. The summed E-state index contributed by atoms with van der Waals surface area (Å²) in [4.78, 5) is 0. The summed E-state index contributed by atoms with van der Waals surface area (Å²) in [5.74, 6) is 0. The van der Waals surface area contributed by atoms with Crippen LogP contribution in [0, 0.1) is 94.4 Å². The van der Waals surface area contributed by atoms with Gasteiger partial charge in [-0.15, -0.1) is 0 Å². The van der Waals surface area contributed by atoms with E-state index in [2.05, 4.69) is 215 Å². The van der Waals surface area contributed by atoms with E-state index >= 15 is 13.2 Å². The van der Waals surface area contributed by atoms with E-state index in [1.807, 2.05) is 22.8 Å². The van der Waals surface area contributed by atoms with E-state index in [9.17, 15) is 5.26 Å². The van der Waals surface area contributed by atoms with E-state index in [0.717, 1.165) is 105 Å². The molecule has 0 atom stereocenters. The highest BCUT2D eigenvalue weighted by atomic mass is 19.4. The number of aromatic nitrogens is 2. The minimum absolute atomic E-state index is 0.350. The van der Waals surface area contributed by atoms with Gasteiger partial charge in [0.2, 0.25) is 0 Å². The van der Waals surface area contributed by atoms with Crippen molar-refractivity contribution in [3.8, 4) is 73.1 Å². The summed E-state index contributed by atoms with van der Waals surface area (Å²) in [7, 11) is 0. The van der Waals surface area contributed by atoms with E-state index in [1.165, 1.54) is 67.8 Å². The van der Waals surface area contributed by atoms with Crippen LogP contribution in [0.4, 0.5) is 13.2 Å². The Morgan fingerprint density at radius 2 is 0.637 bits per heavy atom. The lowest BCUT2D eigenvalue weighted by Gasteiger charge is -2.21. The van der Waals surface area contributed by atoms with Crippen molar-refractivity contribution in [1.29, 1.82) is 5.26 Å². The zero-order valence-electron chi connectivity index (χ0n) is 47.5. The van der Waals surface area contributed by atoms with Gasteiger partial charge >= 0.3 is 6.18 Å². The molecule has 0 unspecified atom stereocenters. The Bertz CT molecular complexity index is 4340. The molecule has 3 nitrogen and oxygen atoms in total. The van der Waals surface area contributed by atoms with Crippen LogP contribution >= 0.6 is 0 Å². The quantitative estimate of drug-likeness (QED) is 0.157. The highest BCUT2D eigenvalue weighted by Crippen LogP contribution is 2.47. The molecule has 2 heterocycles. The van der Waals surface area contributed by atoms with Crippen LogP contribution in [-0.4, -0.2) is 9.13 Å². The number of aryl methyl sites for hydroxylation is 12. The number of nitrogens with zero attached hydrogens (tertiary/aromatic N) is 3. The zero-order valence-corrected chi connectivity index (χ0v) is 47.5. The maximum atomic E-state index is 15.4.